The molecule has 3 saturated heterocycles. The predicted molar refractivity (Wildman–Crippen MR) is 249 cm³/mol. The maximum Gasteiger partial charge on any atom is 0.254 e. The Bertz CT molecular complexity index is 2440. The van der Waals surface area contributed by atoms with E-state index in [0.29, 0.717) is 41.5 Å². The number of piperidine rings is 1. The van der Waals surface area contributed by atoms with Gasteiger partial charge in [-0.3, -0.25) is 19.4 Å². The number of piperazine rings is 1. The highest BCUT2D eigenvalue weighted by Gasteiger charge is 2.44. The molecule has 4 aliphatic heterocycles. The number of aromatic nitrogens is 4. The molecule has 5 aromatic rings. The second kappa shape index (κ2) is 19.5. The van der Waals surface area contributed by atoms with Gasteiger partial charge in [-0.1, -0.05) is 50.2 Å². The molecule has 4 N–H and O–H groups in total. The standard InChI is InChI=1S/C48H60N10O6S/c1-29(2)44(48(62)58-27-36(59)21-40(58)47(61)51-30(3)33-9-11-34(12-10-33)45-31(4)50-28-65-45)42-23-43(54-64-42)63-20-19-55-15-13-32(14-16-55)25-56-17-18-57-35(26-56)24-49-46-39(57)22-38(52-53-46)37-7-5-6-8-41(37)60/h5-12,22-23,28-30,32,35-36,40,44,59-60H,13-21,24-27H2,1-4H3,(H,49,53)(H,51,61)/t30?,35?,36-,40+,44?/m1/s1. The quantitative estimate of drug-likeness (QED) is 0.109. The number of β-amino-alcohol motifs (C(OH)–C–C–N with tert-alkyl or cyclic N) is 1. The summed E-state index contributed by atoms with van der Waals surface area (Å²) < 4.78 is 11.8. The van der Waals surface area contributed by atoms with Gasteiger partial charge in [0.2, 0.25) is 11.8 Å². The van der Waals surface area contributed by atoms with Crippen molar-refractivity contribution >= 4 is 34.7 Å². The number of aryl methyl sites for hydroxylation is 1. The predicted octanol–water partition coefficient (Wildman–Crippen LogP) is 5.56. The number of phenols is 1. The molecule has 2 amide bonds. The van der Waals surface area contributed by atoms with Crippen molar-refractivity contribution in [1.82, 2.24) is 40.4 Å². The van der Waals surface area contributed by atoms with Crippen LogP contribution in [0.4, 0.5) is 11.5 Å². The van der Waals surface area contributed by atoms with Gasteiger partial charge in [-0.25, -0.2) is 4.98 Å². The number of rotatable bonds is 14. The van der Waals surface area contributed by atoms with Crippen LogP contribution in [0.1, 0.15) is 69.0 Å². The first kappa shape index (κ1) is 44.6. The van der Waals surface area contributed by atoms with Crippen LogP contribution in [-0.4, -0.2) is 141 Å². The lowest BCUT2D eigenvalue weighted by Gasteiger charge is -2.47. The van der Waals surface area contributed by atoms with E-state index in [-0.39, 0.29) is 42.5 Å². The molecular formula is C48H60N10O6S. The number of para-hydroxylation sites is 1. The number of benzene rings is 2. The monoisotopic (exact) mass is 904 g/mol. The number of likely N-dealkylation sites (tertiary alicyclic amines) is 2. The number of anilines is 2. The number of carbonyl (C=O) groups is 2. The van der Waals surface area contributed by atoms with Crippen LogP contribution in [-0.2, 0) is 9.59 Å². The van der Waals surface area contributed by atoms with Gasteiger partial charge < -0.3 is 39.9 Å². The van der Waals surface area contributed by atoms with Crippen molar-refractivity contribution in [2.75, 3.05) is 75.7 Å². The van der Waals surface area contributed by atoms with Crippen LogP contribution >= 0.6 is 11.3 Å². The zero-order chi connectivity index (χ0) is 45.2. The third kappa shape index (κ3) is 9.83. The van der Waals surface area contributed by atoms with Crippen LogP contribution in [0.5, 0.6) is 11.6 Å². The summed E-state index contributed by atoms with van der Waals surface area (Å²) in [6.45, 7) is 15.8. The number of nitrogens with zero attached hydrogens (tertiary/aromatic N) is 8. The van der Waals surface area contributed by atoms with Gasteiger partial charge in [-0.15, -0.1) is 21.5 Å². The molecule has 3 unspecified atom stereocenters. The van der Waals surface area contributed by atoms with E-state index in [2.05, 4.69) is 45.7 Å². The number of ether oxygens (including phenoxy) is 1. The molecule has 3 aromatic heterocycles. The number of phenolic OH excluding ortho intramolecular Hbond substituents is 1. The third-order valence-electron chi connectivity index (χ3n) is 13.6. The maximum atomic E-state index is 14.2. The smallest absolute Gasteiger partial charge is 0.254 e. The molecule has 4 aliphatic rings. The van der Waals surface area contributed by atoms with Gasteiger partial charge in [0.1, 0.15) is 24.3 Å². The van der Waals surface area contributed by atoms with Gasteiger partial charge in [0.15, 0.2) is 11.6 Å². The summed E-state index contributed by atoms with van der Waals surface area (Å²) in [4.78, 5) is 42.4. The summed E-state index contributed by atoms with van der Waals surface area (Å²) in [6, 6.07) is 18.3. The second-order valence-electron chi connectivity index (χ2n) is 18.4. The molecule has 2 aromatic carbocycles. The summed E-state index contributed by atoms with van der Waals surface area (Å²) in [7, 11) is 0. The minimum Gasteiger partial charge on any atom is -0.507 e. The Balaban J connectivity index is 0.725. The molecule has 5 atom stereocenters. The normalized spacial score (nSPS) is 21.4. The fraction of sp³-hybridized carbons (Fsp3) is 0.500. The van der Waals surface area contributed by atoms with Crippen molar-refractivity contribution in [3.05, 3.63) is 83.2 Å². The average Bonchev–Trinajstić information content (AvgIpc) is 4.07. The van der Waals surface area contributed by atoms with Gasteiger partial charge >= 0.3 is 0 Å². The second-order valence-corrected chi connectivity index (χ2v) is 19.3. The molecule has 0 bridgehead atoms. The number of aliphatic hydroxyl groups excluding tert-OH is 1. The molecule has 3 fully saturated rings. The highest BCUT2D eigenvalue weighted by molar-refractivity contribution is 7.13. The van der Waals surface area contributed by atoms with Crippen molar-refractivity contribution in [3.8, 4) is 33.3 Å². The lowest BCUT2D eigenvalue weighted by molar-refractivity contribution is -0.141. The van der Waals surface area contributed by atoms with E-state index < -0.39 is 18.1 Å². The molecular weight excluding hydrogens is 845 g/mol. The molecule has 0 radical (unpaired) electrons. The third-order valence-corrected chi connectivity index (χ3v) is 14.6. The maximum absolute atomic E-state index is 14.2. The van der Waals surface area contributed by atoms with Crippen LogP contribution in [0.3, 0.4) is 0 Å². The first-order valence-electron chi connectivity index (χ1n) is 23.0. The molecule has 0 saturated carbocycles. The Kier molecular flexibility index (Phi) is 13.3. The lowest BCUT2D eigenvalue weighted by Crippen LogP contribution is -2.58. The first-order chi connectivity index (χ1) is 31.5. The Labute approximate surface area is 384 Å². The Morgan fingerprint density at radius 3 is 2.55 bits per heavy atom. The molecule has 0 spiro atoms. The molecule has 9 rings (SSSR count). The number of thiazole rings is 1. The summed E-state index contributed by atoms with van der Waals surface area (Å²) >= 11 is 1.59. The Morgan fingerprint density at radius 2 is 1.80 bits per heavy atom. The van der Waals surface area contributed by atoms with E-state index >= 15 is 0 Å². The van der Waals surface area contributed by atoms with Gasteiger partial charge in [-0.05, 0) is 86.1 Å². The van der Waals surface area contributed by atoms with Crippen LogP contribution in [0.15, 0.2) is 70.7 Å². The number of hydrogen-bond acceptors (Lipinski definition) is 15. The largest absolute Gasteiger partial charge is 0.507 e. The average molecular weight is 905 g/mol. The van der Waals surface area contributed by atoms with Gasteiger partial charge in [0, 0.05) is 63.9 Å². The number of fused-ring (bicyclic) bond motifs is 3. The highest BCUT2D eigenvalue weighted by Crippen LogP contribution is 2.37. The number of amides is 2. The van der Waals surface area contributed by atoms with E-state index in [1.165, 1.54) is 4.90 Å². The fourth-order valence-electron chi connectivity index (χ4n) is 9.98. The SMILES string of the molecule is Cc1ncsc1-c1ccc(C(C)NC(=O)[C@@H]2C[C@@H](O)CN2C(=O)C(c2cc(OCCN3CCC(CN4CCN5c6cc(-c7ccccc7O)nnc6NCC5C4)CC3)no2)C(C)C)cc1. The van der Waals surface area contributed by atoms with Crippen LogP contribution < -0.4 is 20.3 Å². The van der Waals surface area contributed by atoms with Gasteiger partial charge in [0.05, 0.1) is 45.7 Å². The van der Waals surface area contributed by atoms with E-state index in [4.69, 9.17) is 9.26 Å². The van der Waals surface area contributed by atoms with Crippen molar-refractivity contribution in [1.29, 1.82) is 0 Å². The molecule has 65 heavy (non-hydrogen) atoms. The molecule has 17 heteroatoms. The summed E-state index contributed by atoms with van der Waals surface area (Å²) in [5, 5.41) is 40.7. The zero-order valence-electron chi connectivity index (χ0n) is 37.6. The molecule has 344 valence electrons. The van der Waals surface area contributed by atoms with E-state index in [9.17, 15) is 19.8 Å². The number of carbonyl (C=O) groups excluding carboxylic acids is 2. The summed E-state index contributed by atoms with van der Waals surface area (Å²) in [5.41, 5.74) is 7.23. The van der Waals surface area contributed by atoms with E-state index in [0.717, 1.165) is 98.4 Å². The minimum absolute atomic E-state index is 0.0643. The molecule has 0 aliphatic carbocycles. The topological polar surface area (TPSA) is 186 Å². The fourth-order valence-corrected chi connectivity index (χ4v) is 10.8. The van der Waals surface area contributed by atoms with Gasteiger partial charge in [0.25, 0.3) is 5.88 Å². The number of hydrogen-bond donors (Lipinski definition) is 4. The zero-order valence-corrected chi connectivity index (χ0v) is 38.4. The van der Waals surface area contributed by atoms with Crippen LogP contribution in [0, 0.1) is 18.8 Å². The van der Waals surface area contributed by atoms with Crippen molar-refractivity contribution < 1.29 is 29.1 Å². The molecule has 7 heterocycles. The van der Waals surface area contributed by atoms with E-state index in [1.807, 2.05) is 81.7 Å². The Morgan fingerprint density at radius 1 is 1.00 bits per heavy atom. The van der Waals surface area contributed by atoms with Crippen LogP contribution in [0.2, 0.25) is 0 Å². The lowest BCUT2D eigenvalue weighted by atomic mass is 9.91. The number of aromatic hydroxyl groups is 1. The van der Waals surface area contributed by atoms with Crippen molar-refractivity contribution in [2.24, 2.45) is 11.8 Å². The van der Waals surface area contributed by atoms with Crippen molar-refractivity contribution in [3.63, 3.8) is 0 Å². The summed E-state index contributed by atoms with van der Waals surface area (Å²) in [6.07, 6.45) is 1.60. The summed E-state index contributed by atoms with van der Waals surface area (Å²) in [5.74, 6) is 0.887. The number of aliphatic hydroxyl groups is 1. The minimum atomic E-state index is -0.817. The van der Waals surface area contributed by atoms with Gasteiger partial charge in [-0.2, -0.15) is 0 Å². The van der Waals surface area contributed by atoms with E-state index in [1.54, 1.807) is 23.5 Å². The van der Waals surface area contributed by atoms with Crippen LogP contribution in [0.25, 0.3) is 21.7 Å². The number of nitrogens with one attached hydrogen (secondary N) is 2. The molecule has 16 nitrogen and oxygen atoms in total. The first-order valence-corrected chi connectivity index (χ1v) is 23.9. The van der Waals surface area contributed by atoms with Crippen molar-refractivity contribution in [2.45, 2.75) is 77.1 Å². The highest BCUT2D eigenvalue weighted by atomic mass is 32.1. The Hall–Kier alpha value is -5.62.